The fraction of sp³-hybridized carbons (Fsp3) is 0.632. The zero-order valence-corrected chi connectivity index (χ0v) is 17.2. The fourth-order valence-electron chi connectivity index (χ4n) is 3.41. The zero-order chi connectivity index (χ0) is 19.7. The maximum atomic E-state index is 12.5. The molecule has 28 heavy (non-hydrogen) atoms. The van der Waals surface area contributed by atoms with E-state index in [0.29, 0.717) is 30.3 Å². The van der Waals surface area contributed by atoms with Crippen molar-refractivity contribution in [2.45, 2.75) is 44.9 Å². The van der Waals surface area contributed by atoms with Crippen LogP contribution in [0.5, 0.6) is 17.2 Å². The highest BCUT2D eigenvalue weighted by atomic mass is 35.5. The van der Waals surface area contributed by atoms with Crippen LogP contribution in [0, 0.1) is 5.41 Å². The molecule has 9 heteroatoms. The molecule has 2 aliphatic rings. The number of aliphatic hydroxyl groups excluding tert-OH is 1. The molecule has 3 atom stereocenters. The van der Waals surface area contributed by atoms with Crippen LogP contribution >= 0.6 is 12.4 Å². The van der Waals surface area contributed by atoms with Gasteiger partial charge in [0.1, 0.15) is 24.0 Å². The van der Waals surface area contributed by atoms with Crippen molar-refractivity contribution in [3.63, 3.8) is 0 Å². The number of carbonyl (C=O) groups is 1. The Hall–Kier alpha value is -1.74. The number of hydrogen-bond acceptors (Lipinski definition) is 7. The summed E-state index contributed by atoms with van der Waals surface area (Å²) in [6.07, 6.45) is -0.449. The first-order chi connectivity index (χ1) is 12.8. The van der Waals surface area contributed by atoms with Crippen LogP contribution in [0.3, 0.4) is 0 Å². The Morgan fingerprint density at radius 2 is 2.11 bits per heavy atom. The van der Waals surface area contributed by atoms with Crippen molar-refractivity contribution >= 4 is 18.3 Å². The highest BCUT2D eigenvalue weighted by Gasteiger charge is 2.62. The molecule has 1 saturated carbocycles. The summed E-state index contributed by atoms with van der Waals surface area (Å²) in [4.78, 5) is 12.5. The summed E-state index contributed by atoms with van der Waals surface area (Å²) >= 11 is 0. The third-order valence-electron chi connectivity index (χ3n) is 5.52. The van der Waals surface area contributed by atoms with Crippen LogP contribution in [-0.4, -0.2) is 55.3 Å². The Balaban J connectivity index is 0.00000280. The minimum atomic E-state index is -1.01. The second-order valence-electron chi connectivity index (χ2n) is 7.53. The van der Waals surface area contributed by atoms with Gasteiger partial charge in [-0.25, -0.2) is 0 Å². The van der Waals surface area contributed by atoms with Gasteiger partial charge < -0.3 is 35.1 Å². The number of aliphatic hydroxyl groups is 1. The second kappa shape index (κ2) is 8.73. The minimum Gasteiger partial charge on any atom is -0.491 e. The van der Waals surface area contributed by atoms with Crippen molar-refractivity contribution in [1.29, 1.82) is 0 Å². The van der Waals surface area contributed by atoms with Crippen molar-refractivity contribution < 1.29 is 28.8 Å². The van der Waals surface area contributed by atoms with Gasteiger partial charge in [0, 0.05) is 31.1 Å². The fourth-order valence-corrected chi connectivity index (χ4v) is 3.41. The van der Waals surface area contributed by atoms with E-state index in [-0.39, 0.29) is 44.4 Å². The van der Waals surface area contributed by atoms with Gasteiger partial charge in [0.25, 0.3) is 0 Å². The lowest BCUT2D eigenvalue weighted by atomic mass is 9.54. The Morgan fingerprint density at radius 3 is 2.79 bits per heavy atom. The number of nitrogens with one attached hydrogen (secondary N) is 1. The van der Waals surface area contributed by atoms with Gasteiger partial charge in [0.05, 0.1) is 6.10 Å². The van der Waals surface area contributed by atoms with Crippen LogP contribution in [0.15, 0.2) is 18.2 Å². The summed E-state index contributed by atoms with van der Waals surface area (Å²) in [5.74, 6) is 1.54. The maximum absolute atomic E-state index is 12.5. The molecule has 1 aliphatic carbocycles. The number of amides is 1. The molecular weight excluding hydrogens is 388 g/mol. The summed E-state index contributed by atoms with van der Waals surface area (Å²) in [5, 5.41) is 12.8. The van der Waals surface area contributed by atoms with Crippen molar-refractivity contribution in [2.24, 2.45) is 11.1 Å². The molecule has 158 valence electrons. The van der Waals surface area contributed by atoms with Gasteiger partial charge in [-0.05, 0) is 19.1 Å². The normalized spacial score (nSPS) is 25.2. The molecule has 0 saturated heterocycles. The monoisotopic (exact) mass is 416 g/mol. The minimum absolute atomic E-state index is 0. The molecule has 1 fully saturated rings. The molecular formula is C19H29ClN2O6. The molecule has 0 spiro atoms. The topological polar surface area (TPSA) is 112 Å². The molecule has 1 heterocycles. The van der Waals surface area contributed by atoms with Crippen LogP contribution in [0.4, 0.5) is 0 Å². The smallest absolute Gasteiger partial charge is 0.240 e. The molecule has 0 bridgehead atoms. The van der Waals surface area contributed by atoms with Gasteiger partial charge in [-0.1, -0.05) is 13.8 Å². The molecule has 8 nitrogen and oxygen atoms in total. The number of benzene rings is 1. The highest BCUT2D eigenvalue weighted by Crippen LogP contribution is 2.49. The number of ether oxygens (including phenoxy) is 4. The number of nitrogens with two attached hydrogens (primary N) is 1. The average molecular weight is 417 g/mol. The average Bonchev–Trinajstić information content (AvgIpc) is 3.11. The number of fused-ring (bicyclic) bond motifs is 1. The molecule has 1 aliphatic heterocycles. The Morgan fingerprint density at radius 1 is 1.39 bits per heavy atom. The van der Waals surface area contributed by atoms with Gasteiger partial charge in [-0.15, -0.1) is 12.4 Å². The van der Waals surface area contributed by atoms with Gasteiger partial charge in [0.2, 0.25) is 12.7 Å². The van der Waals surface area contributed by atoms with Crippen molar-refractivity contribution in [2.75, 3.05) is 26.6 Å². The summed E-state index contributed by atoms with van der Waals surface area (Å²) in [6, 6.07) is 5.18. The number of hydrogen-bond donors (Lipinski definition) is 3. The van der Waals surface area contributed by atoms with E-state index in [9.17, 15) is 9.90 Å². The zero-order valence-electron chi connectivity index (χ0n) is 16.4. The van der Waals surface area contributed by atoms with E-state index in [1.54, 1.807) is 18.2 Å². The molecule has 1 amide bonds. The Bertz CT molecular complexity index is 701. The molecule has 3 unspecified atom stereocenters. The van der Waals surface area contributed by atoms with E-state index < -0.39 is 17.1 Å². The summed E-state index contributed by atoms with van der Waals surface area (Å²) in [7, 11) is 0. The van der Waals surface area contributed by atoms with Crippen molar-refractivity contribution in [3.05, 3.63) is 18.2 Å². The summed E-state index contributed by atoms with van der Waals surface area (Å²) in [5.41, 5.74) is 4.84. The third kappa shape index (κ3) is 4.15. The molecule has 1 aromatic carbocycles. The van der Waals surface area contributed by atoms with Gasteiger partial charge in [0.15, 0.2) is 11.5 Å². The second-order valence-corrected chi connectivity index (χ2v) is 7.53. The van der Waals surface area contributed by atoms with Crippen LogP contribution in [-0.2, 0) is 9.53 Å². The van der Waals surface area contributed by atoms with E-state index in [1.807, 2.05) is 20.8 Å². The lowest BCUT2D eigenvalue weighted by molar-refractivity contribution is -0.171. The van der Waals surface area contributed by atoms with Crippen molar-refractivity contribution in [1.82, 2.24) is 5.32 Å². The van der Waals surface area contributed by atoms with Crippen LogP contribution in [0.25, 0.3) is 0 Å². The first kappa shape index (κ1) is 22.5. The van der Waals surface area contributed by atoms with E-state index in [0.717, 1.165) is 0 Å². The molecule has 0 aromatic heterocycles. The van der Waals surface area contributed by atoms with E-state index in [1.165, 1.54) is 0 Å². The van der Waals surface area contributed by atoms with Crippen LogP contribution in [0.2, 0.25) is 0 Å². The van der Waals surface area contributed by atoms with E-state index >= 15 is 0 Å². The predicted molar refractivity (Wildman–Crippen MR) is 105 cm³/mol. The van der Waals surface area contributed by atoms with E-state index in [2.05, 4.69) is 5.32 Å². The van der Waals surface area contributed by atoms with Gasteiger partial charge in [-0.3, -0.25) is 4.79 Å². The van der Waals surface area contributed by atoms with Gasteiger partial charge >= 0.3 is 0 Å². The highest BCUT2D eigenvalue weighted by molar-refractivity contribution is 5.88. The molecule has 1 aromatic rings. The van der Waals surface area contributed by atoms with E-state index in [4.69, 9.17) is 24.7 Å². The Kier molecular flexibility index (Phi) is 7.03. The molecule has 4 N–H and O–H groups in total. The Labute approximate surface area is 171 Å². The van der Waals surface area contributed by atoms with Gasteiger partial charge in [-0.2, -0.15) is 0 Å². The number of halogens is 1. The largest absolute Gasteiger partial charge is 0.491 e. The number of carbonyl (C=O) groups excluding carboxylic acids is 1. The maximum Gasteiger partial charge on any atom is 0.240 e. The lowest BCUT2D eigenvalue weighted by Gasteiger charge is -2.57. The first-order valence-corrected chi connectivity index (χ1v) is 9.17. The van der Waals surface area contributed by atoms with Crippen LogP contribution < -0.4 is 25.3 Å². The molecule has 0 radical (unpaired) electrons. The number of rotatable bonds is 8. The summed E-state index contributed by atoms with van der Waals surface area (Å²) < 4.78 is 21.7. The predicted octanol–water partition coefficient (Wildman–Crippen LogP) is 1.23. The lowest BCUT2D eigenvalue weighted by Crippen LogP contribution is -2.76. The standard InChI is InChI=1S/C19H28N2O6.ClH/c1-4-24-16-8-19(20,18(16,2)3)17(23)21-9-12(22)10-25-13-5-6-14-15(7-13)27-11-26-14;/h5-7,12,16,22H,4,8-11,20H2,1-3H3,(H,21,23);1H. The molecule has 3 rings (SSSR count). The summed E-state index contributed by atoms with van der Waals surface area (Å²) in [6.45, 7) is 6.63. The van der Waals surface area contributed by atoms with Crippen LogP contribution in [0.1, 0.15) is 27.2 Å². The first-order valence-electron chi connectivity index (χ1n) is 9.17. The van der Waals surface area contributed by atoms with Crippen molar-refractivity contribution in [3.8, 4) is 17.2 Å². The third-order valence-corrected chi connectivity index (χ3v) is 5.52. The quantitative estimate of drug-likeness (QED) is 0.584. The SMILES string of the molecule is CCOC1CC(N)(C(=O)NCC(O)COc2ccc3c(c2)OCO3)C1(C)C.Cl.